The van der Waals surface area contributed by atoms with E-state index in [-0.39, 0.29) is 0 Å². The minimum absolute atomic E-state index is 1.13. The van der Waals surface area contributed by atoms with E-state index in [9.17, 15) is 0 Å². The van der Waals surface area contributed by atoms with Gasteiger partial charge in [-0.1, -0.05) is 41.9 Å². The molecule has 0 aliphatic rings. The number of hydrogen-bond donors (Lipinski definition) is 1. The molecule has 1 nitrogen and oxygen atoms in total. The van der Waals surface area contributed by atoms with E-state index in [0.29, 0.717) is 0 Å². The van der Waals surface area contributed by atoms with Crippen LogP contribution in [0.3, 0.4) is 0 Å². The first kappa shape index (κ1) is 14.7. The second kappa shape index (κ2) is 8.93. The SMILES string of the molecule is CC.CC[NH+](CC)Cc1cccc(Br)c1. The molecule has 0 amide bonds. The summed E-state index contributed by atoms with van der Waals surface area (Å²) in [5.41, 5.74) is 1.41. The van der Waals surface area contributed by atoms with E-state index in [4.69, 9.17) is 0 Å². The summed E-state index contributed by atoms with van der Waals surface area (Å²) in [4.78, 5) is 1.62. The lowest BCUT2D eigenvalue weighted by Gasteiger charge is -2.15. The summed E-state index contributed by atoms with van der Waals surface area (Å²) < 4.78 is 1.18. The normalized spacial score (nSPS) is 9.73. The van der Waals surface area contributed by atoms with E-state index in [1.165, 1.54) is 23.1 Å². The Morgan fingerprint density at radius 3 is 2.20 bits per heavy atom. The predicted molar refractivity (Wildman–Crippen MR) is 71.2 cm³/mol. The van der Waals surface area contributed by atoms with E-state index in [1.807, 2.05) is 13.8 Å². The summed E-state index contributed by atoms with van der Waals surface area (Å²) in [6, 6.07) is 8.56. The standard InChI is InChI=1S/C11H16BrN.C2H6/c1-3-13(4-2)9-10-6-5-7-11(12)8-10;1-2/h5-8H,3-4,9H2,1-2H3;1-2H3/p+1. The monoisotopic (exact) mass is 272 g/mol. The molecular weight excluding hydrogens is 250 g/mol. The summed E-state index contributed by atoms with van der Waals surface area (Å²) in [6.07, 6.45) is 0. The van der Waals surface area contributed by atoms with E-state index in [2.05, 4.69) is 54.0 Å². The number of hydrogen-bond acceptors (Lipinski definition) is 0. The smallest absolute Gasteiger partial charge is 0.103 e. The quantitative estimate of drug-likeness (QED) is 0.860. The molecule has 0 bridgehead atoms. The van der Waals surface area contributed by atoms with Crippen molar-refractivity contribution >= 4 is 15.9 Å². The molecule has 1 rings (SSSR count). The summed E-state index contributed by atoms with van der Waals surface area (Å²) >= 11 is 3.49. The highest BCUT2D eigenvalue weighted by Gasteiger charge is 2.03. The molecule has 0 unspecified atom stereocenters. The Morgan fingerprint density at radius 2 is 1.73 bits per heavy atom. The molecule has 86 valence electrons. The first-order valence-electron chi connectivity index (χ1n) is 5.84. The Bertz CT molecular complexity index is 256. The topological polar surface area (TPSA) is 4.44 Å². The van der Waals surface area contributed by atoms with Gasteiger partial charge in [0.1, 0.15) is 6.54 Å². The van der Waals surface area contributed by atoms with Crippen LogP contribution in [0.2, 0.25) is 0 Å². The van der Waals surface area contributed by atoms with Gasteiger partial charge in [0.15, 0.2) is 0 Å². The minimum atomic E-state index is 1.13. The fraction of sp³-hybridized carbons (Fsp3) is 0.538. The van der Waals surface area contributed by atoms with E-state index in [0.717, 1.165) is 6.54 Å². The van der Waals surface area contributed by atoms with Crippen LogP contribution in [-0.2, 0) is 6.54 Å². The van der Waals surface area contributed by atoms with Gasteiger partial charge in [-0.15, -0.1) is 0 Å². The molecule has 1 aromatic rings. The van der Waals surface area contributed by atoms with E-state index in [1.54, 1.807) is 4.90 Å². The Labute approximate surface area is 103 Å². The lowest BCUT2D eigenvalue weighted by atomic mass is 10.2. The Balaban J connectivity index is 0.000000921. The van der Waals surface area contributed by atoms with Gasteiger partial charge in [-0.25, -0.2) is 0 Å². The van der Waals surface area contributed by atoms with Gasteiger partial charge < -0.3 is 4.90 Å². The number of quaternary nitrogens is 1. The average molecular weight is 273 g/mol. The van der Waals surface area contributed by atoms with Gasteiger partial charge >= 0.3 is 0 Å². The van der Waals surface area contributed by atoms with Crippen molar-refractivity contribution in [2.45, 2.75) is 34.2 Å². The van der Waals surface area contributed by atoms with Crippen LogP contribution in [0.15, 0.2) is 28.7 Å². The van der Waals surface area contributed by atoms with Crippen LogP contribution in [0.4, 0.5) is 0 Å². The molecule has 0 saturated heterocycles. The second-order valence-electron chi connectivity index (χ2n) is 3.26. The molecule has 0 heterocycles. The van der Waals surface area contributed by atoms with Gasteiger partial charge in [0.2, 0.25) is 0 Å². The zero-order valence-corrected chi connectivity index (χ0v) is 11.9. The van der Waals surface area contributed by atoms with Crippen molar-refractivity contribution in [3.8, 4) is 0 Å². The molecule has 0 radical (unpaired) electrons. The van der Waals surface area contributed by atoms with Gasteiger partial charge in [-0.2, -0.15) is 0 Å². The van der Waals surface area contributed by atoms with Gasteiger partial charge in [0.05, 0.1) is 13.1 Å². The fourth-order valence-electron chi connectivity index (χ4n) is 1.44. The second-order valence-corrected chi connectivity index (χ2v) is 4.18. The Hall–Kier alpha value is -0.340. The van der Waals surface area contributed by atoms with Gasteiger partial charge in [-0.3, -0.25) is 0 Å². The molecule has 0 fully saturated rings. The third-order valence-electron chi connectivity index (χ3n) is 2.34. The molecule has 0 aromatic heterocycles. The number of benzene rings is 1. The fourth-order valence-corrected chi connectivity index (χ4v) is 1.88. The third-order valence-corrected chi connectivity index (χ3v) is 2.84. The summed E-state index contributed by atoms with van der Waals surface area (Å²) in [5.74, 6) is 0. The number of rotatable bonds is 4. The molecule has 15 heavy (non-hydrogen) atoms. The predicted octanol–water partition coefficient (Wildman–Crippen LogP) is 2.90. The zero-order valence-electron chi connectivity index (χ0n) is 10.3. The summed E-state index contributed by atoms with van der Waals surface area (Å²) in [5, 5.41) is 0. The first-order chi connectivity index (χ1) is 7.26. The molecular formula is C13H23BrN+. The Kier molecular flexibility index (Phi) is 8.73. The van der Waals surface area contributed by atoms with Crippen molar-refractivity contribution in [2.75, 3.05) is 13.1 Å². The average Bonchev–Trinajstić information content (AvgIpc) is 2.29. The van der Waals surface area contributed by atoms with Crippen LogP contribution in [0.1, 0.15) is 33.3 Å². The first-order valence-corrected chi connectivity index (χ1v) is 6.63. The summed E-state index contributed by atoms with van der Waals surface area (Å²) in [6.45, 7) is 12.0. The van der Waals surface area contributed by atoms with Crippen molar-refractivity contribution in [3.05, 3.63) is 34.3 Å². The molecule has 0 saturated carbocycles. The van der Waals surface area contributed by atoms with Gasteiger partial charge in [0, 0.05) is 10.0 Å². The maximum atomic E-state index is 3.49. The molecule has 0 aliphatic heterocycles. The van der Waals surface area contributed by atoms with E-state index >= 15 is 0 Å². The van der Waals surface area contributed by atoms with Crippen LogP contribution in [0.25, 0.3) is 0 Å². The Morgan fingerprint density at radius 1 is 1.13 bits per heavy atom. The van der Waals surface area contributed by atoms with Crippen LogP contribution in [0, 0.1) is 0 Å². The van der Waals surface area contributed by atoms with Crippen molar-refractivity contribution in [2.24, 2.45) is 0 Å². The lowest BCUT2D eigenvalue weighted by molar-refractivity contribution is -0.910. The van der Waals surface area contributed by atoms with Crippen molar-refractivity contribution < 1.29 is 4.90 Å². The van der Waals surface area contributed by atoms with Crippen LogP contribution in [-0.4, -0.2) is 13.1 Å². The van der Waals surface area contributed by atoms with Crippen molar-refractivity contribution in [1.82, 2.24) is 0 Å². The molecule has 0 atom stereocenters. The maximum Gasteiger partial charge on any atom is 0.103 e. The highest BCUT2D eigenvalue weighted by atomic mass is 79.9. The number of nitrogens with one attached hydrogen (secondary N) is 1. The van der Waals surface area contributed by atoms with Gasteiger partial charge in [-0.05, 0) is 26.0 Å². The molecule has 1 N–H and O–H groups in total. The highest BCUT2D eigenvalue weighted by molar-refractivity contribution is 9.10. The largest absolute Gasteiger partial charge is 0.332 e. The van der Waals surface area contributed by atoms with Crippen LogP contribution >= 0.6 is 15.9 Å². The number of halogens is 1. The molecule has 1 aromatic carbocycles. The third kappa shape index (κ3) is 5.95. The molecule has 2 heteroatoms. The maximum absolute atomic E-state index is 3.49. The van der Waals surface area contributed by atoms with Gasteiger partial charge in [0.25, 0.3) is 0 Å². The molecule has 0 aliphatic carbocycles. The van der Waals surface area contributed by atoms with Crippen molar-refractivity contribution in [1.29, 1.82) is 0 Å². The van der Waals surface area contributed by atoms with E-state index < -0.39 is 0 Å². The van der Waals surface area contributed by atoms with Crippen LogP contribution < -0.4 is 4.90 Å². The molecule has 0 spiro atoms. The minimum Gasteiger partial charge on any atom is -0.332 e. The van der Waals surface area contributed by atoms with Crippen molar-refractivity contribution in [3.63, 3.8) is 0 Å². The highest BCUT2D eigenvalue weighted by Crippen LogP contribution is 2.10. The zero-order chi connectivity index (χ0) is 11.7. The summed E-state index contributed by atoms with van der Waals surface area (Å²) in [7, 11) is 0. The van der Waals surface area contributed by atoms with Crippen LogP contribution in [0.5, 0.6) is 0 Å². The lowest BCUT2D eigenvalue weighted by Crippen LogP contribution is -3.10.